The van der Waals surface area contributed by atoms with Crippen molar-refractivity contribution in [1.82, 2.24) is 0 Å². The van der Waals surface area contributed by atoms with Crippen molar-refractivity contribution in [2.75, 3.05) is 32.8 Å². The number of hydroxylamine groups is 3. The van der Waals surface area contributed by atoms with E-state index in [1.165, 1.54) is 0 Å². The average Bonchev–Trinajstić information content (AvgIpc) is 1.88. The second-order valence-electron chi connectivity index (χ2n) is 2.68. The Bertz CT molecular complexity index is 80.7. The fraction of sp³-hybridized carbons (Fsp3) is 1.00. The molecule has 0 aliphatic carbocycles. The Balaban J connectivity index is 3.79. The summed E-state index contributed by atoms with van der Waals surface area (Å²) in [6.45, 7) is 2.55. The molecule has 0 spiro atoms. The maximum Gasteiger partial charge on any atom is 0.102 e. The third-order valence-corrected chi connectivity index (χ3v) is 1.65. The first-order valence-electron chi connectivity index (χ1n) is 3.97. The molecule has 4 nitrogen and oxygen atoms in total. The maximum absolute atomic E-state index is 11.5. The van der Waals surface area contributed by atoms with Crippen LogP contribution in [0.4, 0.5) is 0 Å². The summed E-state index contributed by atoms with van der Waals surface area (Å²) in [6.07, 6.45) is 0.781. The fourth-order valence-electron chi connectivity index (χ4n) is 1.11. The molecule has 2 N–H and O–H groups in total. The van der Waals surface area contributed by atoms with Crippen LogP contribution in [0.15, 0.2) is 0 Å². The Hall–Kier alpha value is -0.160. The summed E-state index contributed by atoms with van der Waals surface area (Å²) in [6, 6.07) is 0. The van der Waals surface area contributed by atoms with E-state index < -0.39 is 4.65 Å². The summed E-state index contributed by atoms with van der Waals surface area (Å²) in [5.41, 5.74) is 0. The van der Waals surface area contributed by atoms with Crippen molar-refractivity contribution < 1.29 is 14.9 Å². The molecular formula is C7H17NO3. The third kappa shape index (κ3) is 4.31. The highest BCUT2D eigenvalue weighted by Crippen LogP contribution is 2.03. The highest BCUT2D eigenvalue weighted by molar-refractivity contribution is 4.42. The van der Waals surface area contributed by atoms with Gasteiger partial charge in [-0.1, -0.05) is 6.92 Å². The molecule has 0 aliphatic heterocycles. The molecule has 0 rings (SSSR count). The minimum Gasteiger partial charge on any atom is -0.633 e. The Morgan fingerprint density at radius 3 is 1.82 bits per heavy atom. The van der Waals surface area contributed by atoms with Crippen LogP contribution in [0.3, 0.4) is 0 Å². The summed E-state index contributed by atoms with van der Waals surface area (Å²) in [5.74, 6) is 0. The first kappa shape index (κ1) is 10.8. The molecule has 11 heavy (non-hydrogen) atoms. The maximum atomic E-state index is 11.5. The minimum atomic E-state index is -0.469. The predicted octanol–water partition coefficient (Wildman–Crippen LogP) is -0.304. The third-order valence-electron chi connectivity index (χ3n) is 1.65. The molecule has 0 aromatic carbocycles. The largest absolute Gasteiger partial charge is 0.633 e. The lowest BCUT2D eigenvalue weighted by molar-refractivity contribution is -0.881. The van der Waals surface area contributed by atoms with E-state index in [0.29, 0.717) is 6.54 Å². The van der Waals surface area contributed by atoms with Gasteiger partial charge in [-0.2, -0.15) is 0 Å². The summed E-state index contributed by atoms with van der Waals surface area (Å²) in [5, 5.41) is 28.6. The van der Waals surface area contributed by atoms with Crippen LogP contribution in [0.2, 0.25) is 0 Å². The molecule has 0 atom stereocenters. The Morgan fingerprint density at radius 2 is 1.55 bits per heavy atom. The van der Waals surface area contributed by atoms with Gasteiger partial charge >= 0.3 is 0 Å². The van der Waals surface area contributed by atoms with Gasteiger partial charge in [0, 0.05) is 0 Å². The van der Waals surface area contributed by atoms with Crippen molar-refractivity contribution in [3.05, 3.63) is 5.21 Å². The van der Waals surface area contributed by atoms with Crippen molar-refractivity contribution in [3.63, 3.8) is 0 Å². The van der Waals surface area contributed by atoms with Crippen LogP contribution in [-0.4, -0.2) is 47.7 Å². The fourth-order valence-corrected chi connectivity index (χ4v) is 1.11. The van der Waals surface area contributed by atoms with E-state index in [1.807, 2.05) is 6.92 Å². The van der Waals surface area contributed by atoms with Crippen LogP contribution in [0.25, 0.3) is 0 Å². The van der Waals surface area contributed by atoms with Crippen LogP contribution in [-0.2, 0) is 0 Å². The van der Waals surface area contributed by atoms with Crippen molar-refractivity contribution >= 4 is 0 Å². The Labute approximate surface area is 67.2 Å². The van der Waals surface area contributed by atoms with Crippen LogP contribution in [0.1, 0.15) is 13.3 Å². The number of rotatable bonds is 6. The Kier molecular flexibility index (Phi) is 5.41. The molecule has 0 saturated heterocycles. The first-order chi connectivity index (χ1) is 5.18. The lowest BCUT2D eigenvalue weighted by Crippen LogP contribution is -2.46. The van der Waals surface area contributed by atoms with E-state index in [2.05, 4.69) is 0 Å². The average molecular weight is 163 g/mol. The Morgan fingerprint density at radius 1 is 1.09 bits per heavy atom. The number of nitrogens with zero attached hydrogens (tertiary/aromatic N) is 1. The van der Waals surface area contributed by atoms with Gasteiger partial charge in [-0.05, 0) is 6.42 Å². The van der Waals surface area contributed by atoms with Crippen LogP contribution in [0, 0.1) is 5.21 Å². The highest BCUT2D eigenvalue weighted by atomic mass is 16.5. The van der Waals surface area contributed by atoms with Gasteiger partial charge in [-0.25, -0.2) is 0 Å². The van der Waals surface area contributed by atoms with Gasteiger partial charge in [0.1, 0.15) is 13.1 Å². The van der Waals surface area contributed by atoms with E-state index in [9.17, 15) is 5.21 Å². The lowest BCUT2D eigenvalue weighted by atomic mass is 10.4. The zero-order chi connectivity index (χ0) is 8.74. The van der Waals surface area contributed by atoms with Gasteiger partial charge in [-0.15, -0.1) is 0 Å². The molecule has 0 aromatic rings. The minimum absolute atomic E-state index is 0.108. The first-order valence-corrected chi connectivity index (χ1v) is 3.97. The lowest BCUT2D eigenvalue weighted by Gasteiger charge is -2.41. The topological polar surface area (TPSA) is 63.5 Å². The van der Waals surface area contributed by atoms with E-state index in [1.54, 1.807) is 0 Å². The quantitative estimate of drug-likeness (QED) is 0.417. The summed E-state index contributed by atoms with van der Waals surface area (Å²) < 4.78 is -0.469. The van der Waals surface area contributed by atoms with Gasteiger partial charge in [0.15, 0.2) is 0 Å². The molecule has 0 heterocycles. The SMILES string of the molecule is CCC[N+]([O-])(CCO)CCO. The molecule has 0 aliphatic rings. The zero-order valence-corrected chi connectivity index (χ0v) is 6.99. The summed E-state index contributed by atoms with van der Waals surface area (Å²) in [7, 11) is 0. The predicted molar refractivity (Wildman–Crippen MR) is 42.7 cm³/mol. The van der Waals surface area contributed by atoms with Crippen molar-refractivity contribution in [1.29, 1.82) is 0 Å². The summed E-state index contributed by atoms with van der Waals surface area (Å²) in [4.78, 5) is 0. The monoisotopic (exact) mass is 163 g/mol. The normalized spacial score (nSPS) is 12.0. The van der Waals surface area contributed by atoms with Crippen LogP contribution < -0.4 is 0 Å². The van der Waals surface area contributed by atoms with Gasteiger partial charge in [-0.3, -0.25) is 0 Å². The van der Waals surface area contributed by atoms with E-state index >= 15 is 0 Å². The highest BCUT2D eigenvalue weighted by Gasteiger charge is 2.13. The van der Waals surface area contributed by atoms with Gasteiger partial charge in [0.05, 0.1) is 19.8 Å². The molecule has 0 saturated carbocycles. The van der Waals surface area contributed by atoms with Gasteiger partial charge in [0.25, 0.3) is 0 Å². The molecular weight excluding hydrogens is 146 g/mol. The van der Waals surface area contributed by atoms with Gasteiger partial charge < -0.3 is 20.1 Å². The molecule has 0 unspecified atom stereocenters. The van der Waals surface area contributed by atoms with E-state index in [4.69, 9.17) is 10.2 Å². The second kappa shape index (κ2) is 5.49. The smallest absolute Gasteiger partial charge is 0.102 e. The van der Waals surface area contributed by atoms with E-state index in [-0.39, 0.29) is 26.3 Å². The summed E-state index contributed by atoms with van der Waals surface area (Å²) >= 11 is 0. The molecule has 68 valence electrons. The molecule has 4 heteroatoms. The number of hydrogen-bond donors (Lipinski definition) is 2. The zero-order valence-electron chi connectivity index (χ0n) is 6.99. The second-order valence-corrected chi connectivity index (χ2v) is 2.68. The molecule has 0 amide bonds. The number of quaternary nitrogens is 1. The van der Waals surface area contributed by atoms with Crippen molar-refractivity contribution in [2.24, 2.45) is 0 Å². The molecule has 0 fully saturated rings. The van der Waals surface area contributed by atoms with Crippen molar-refractivity contribution in [2.45, 2.75) is 13.3 Å². The van der Waals surface area contributed by atoms with Crippen molar-refractivity contribution in [3.8, 4) is 0 Å². The number of aliphatic hydroxyl groups excluding tert-OH is 2. The number of hydrogen-bond acceptors (Lipinski definition) is 3. The molecule has 0 bridgehead atoms. The standard InChI is InChI=1S/C7H17NO3/c1-2-3-8(11,4-6-9)5-7-10/h9-10H,2-7H2,1H3. The van der Waals surface area contributed by atoms with Crippen LogP contribution >= 0.6 is 0 Å². The van der Waals surface area contributed by atoms with Gasteiger partial charge in [0.2, 0.25) is 0 Å². The van der Waals surface area contributed by atoms with E-state index in [0.717, 1.165) is 6.42 Å². The van der Waals surface area contributed by atoms with Crippen LogP contribution in [0.5, 0.6) is 0 Å². The molecule has 0 aromatic heterocycles. The number of aliphatic hydroxyl groups is 2. The molecule has 0 radical (unpaired) electrons.